The Kier molecular flexibility index (Phi) is 7.71. The van der Waals surface area contributed by atoms with Gasteiger partial charge in [0.1, 0.15) is 5.75 Å². The third-order valence-electron chi connectivity index (χ3n) is 3.28. The van der Waals surface area contributed by atoms with Crippen molar-refractivity contribution in [2.24, 2.45) is 0 Å². The molecule has 1 aromatic carbocycles. The van der Waals surface area contributed by atoms with Crippen LogP contribution in [-0.2, 0) is 11.2 Å². The van der Waals surface area contributed by atoms with Crippen LogP contribution in [0.5, 0.6) is 5.75 Å². The molecule has 0 aromatic heterocycles. The Morgan fingerprint density at radius 1 is 1.15 bits per heavy atom. The molecule has 0 heterocycles. The first-order valence-corrected chi connectivity index (χ1v) is 7.60. The van der Waals surface area contributed by atoms with Crippen molar-refractivity contribution in [1.29, 1.82) is 0 Å². The fourth-order valence-electron chi connectivity index (χ4n) is 2.07. The van der Waals surface area contributed by atoms with E-state index in [1.807, 2.05) is 18.2 Å². The number of ether oxygens (including phenoxy) is 1. The maximum atomic E-state index is 11.5. The fourth-order valence-corrected chi connectivity index (χ4v) is 2.07. The maximum absolute atomic E-state index is 11.5. The molecule has 0 N–H and O–H groups in total. The highest BCUT2D eigenvalue weighted by Gasteiger charge is 2.05. The highest BCUT2D eigenvalue weighted by molar-refractivity contribution is 5.88. The largest absolute Gasteiger partial charge is 0.423 e. The van der Waals surface area contributed by atoms with Crippen LogP contribution in [0.1, 0.15) is 57.9 Å². The molecule has 0 amide bonds. The lowest BCUT2D eigenvalue weighted by Gasteiger charge is -2.06. The van der Waals surface area contributed by atoms with Crippen molar-refractivity contribution in [2.75, 3.05) is 0 Å². The molecule has 1 rings (SSSR count). The molecule has 0 aliphatic heterocycles. The van der Waals surface area contributed by atoms with Crippen LogP contribution >= 0.6 is 0 Å². The van der Waals surface area contributed by atoms with Crippen LogP contribution in [0.15, 0.2) is 36.4 Å². The summed E-state index contributed by atoms with van der Waals surface area (Å²) in [7, 11) is 0. The summed E-state index contributed by atoms with van der Waals surface area (Å²) in [6, 6.07) is 7.79. The van der Waals surface area contributed by atoms with Crippen LogP contribution in [0.25, 0.3) is 0 Å². The number of unbranched alkanes of at least 4 members (excludes halogenated alkanes) is 5. The first kappa shape index (κ1) is 16.5. The fraction of sp³-hybridized carbons (Fsp3) is 0.500. The van der Waals surface area contributed by atoms with Gasteiger partial charge in [0.25, 0.3) is 0 Å². The molecule has 110 valence electrons. The normalized spacial score (nSPS) is 10.3. The smallest absolute Gasteiger partial charge is 0.338 e. The molecule has 0 radical (unpaired) electrons. The highest BCUT2D eigenvalue weighted by atomic mass is 16.5. The van der Waals surface area contributed by atoms with E-state index >= 15 is 0 Å². The van der Waals surface area contributed by atoms with Crippen molar-refractivity contribution in [1.82, 2.24) is 0 Å². The maximum Gasteiger partial charge on any atom is 0.338 e. The van der Waals surface area contributed by atoms with Gasteiger partial charge in [-0.1, -0.05) is 57.7 Å². The predicted molar refractivity (Wildman–Crippen MR) is 84.0 cm³/mol. The van der Waals surface area contributed by atoms with E-state index in [-0.39, 0.29) is 5.97 Å². The van der Waals surface area contributed by atoms with Gasteiger partial charge in [0, 0.05) is 5.57 Å². The van der Waals surface area contributed by atoms with E-state index in [1.54, 1.807) is 6.92 Å². The average molecular weight is 274 g/mol. The summed E-state index contributed by atoms with van der Waals surface area (Å²) in [5, 5.41) is 0. The number of benzene rings is 1. The Morgan fingerprint density at radius 2 is 1.85 bits per heavy atom. The Hall–Kier alpha value is -1.57. The zero-order valence-corrected chi connectivity index (χ0v) is 12.8. The number of hydrogen-bond acceptors (Lipinski definition) is 2. The monoisotopic (exact) mass is 274 g/mol. The first-order valence-electron chi connectivity index (χ1n) is 7.60. The van der Waals surface area contributed by atoms with E-state index in [0.717, 1.165) is 6.42 Å². The molecule has 0 spiro atoms. The van der Waals surface area contributed by atoms with E-state index in [2.05, 4.69) is 19.6 Å². The molecular formula is C18H26O2. The zero-order chi connectivity index (χ0) is 14.8. The number of esters is 1. The van der Waals surface area contributed by atoms with Gasteiger partial charge in [-0.15, -0.1) is 0 Å². The summed E-state index contributed by atoms with van der Waals surface area (Å²) in [4.78, 5) is 11.5. The molecule has 0 aliphatic carbocycles. The van der Waals surface area contributed by atoms with Gasteiger partial charge >= 0.3 is 5.97 Å². The number of rotatable bonds is 9. The molecule has 0 saturated heterocycles. The van der Waals surface area contributed by atoms with Crippen LogP contribution in [0.4, 0.5) is 0 Å². The predicted octanol–water partition coefficient (Wildman–Crippen LogP) is 5.07. The van der Waals surface area contributed by atoms with Gasteiger partial charge in [-0.2, -0.15) is 0 Å². The topological polar surface area (TPSA) is 26.3 Å². The number of carbonyl (C=O) groups is 1. The van der Waals surface area contributed by atoms with E-state index < -0.39 is 0 Å². The van der Waals surface area contributed by atoms with Gasteiger partial charge in [0.2, 0.25) is 0 Å². The van der Waals surface area contributed by atoms with Crippen molar-refractivity contribution in [2.45, 2.75) is 58.8 Å². The minimum atomic E-state index is -0.360. The van der Waals surface area contributed by atoms with Crippen LogP contribution in [0.2, 0.25) is 0 Å². The van der Waals surface area contributed by atoms with Crippen molar-refractivity contribution in [3.05, 3.63) is 42.0 Å². The third kappa shape index (κ3) is 6.55. The minimum absolute atomic E-state index is 0.360. The van der Waals surface area contributed by atoms with E-state index in [0.29, 0.717) is 11.3 Å². The molecule has 0 saturated carbocycles. The van der Waals surface area contributed by atoms with Gasteiger partial charge in [0.05, 0.1) is 0 Å². The highest BCUT2D eigenvalue weighted by Crippen LogP contribution is 2.17. The molecule has 2 nitrogen and oxygen atoms in total. The summed E-state index contributed by atoms with van der Waals surface area (Å²) in [5.74, 6) is 0.253. The molecule has 0 bridgehead atoms. The van der Waals surface area contributed by atoms with Gasteiger partial charge in [-0.25, -0.2) is 4.79 Å². The van der Waals surface area contributed by atoms with Crippen molar-refractivity contribution in [3.8, 4) is 5.75 Å². The summed E-state index contributed by atoms with van der Waals surface area (Å²) in [5.41, 5.74) is 1.65. The number of carbonyl (C=O) groups excluding carboxylic acids is 1. The Bertz CT molecular complexity index is 435. The van der Waals surface area contributed by atoms with Crippen LogP contribution in [-0.4, -0.2) is 5.97 Å². The minimum Gasteiger partial charge on any atom is -0.423 e. The molecule has 0 aliphatic rings. The lowest BCUT2D eigenvalue weighted by molar-refractivity contribution is -0.130. The van der Waals surface area contributed by atoms with Crippen molar-refractivity contribution < 1.29 is 9.53 Å². The second-order valence-electron chi connectivity index (χ2n) is 5.34. The summed E-state index contributed by atoms with van der Waals surface area (Å²) in [6.07, 6.45) is 8.80. The van der Waals surface area contributed by atoms with E-state index in [9.17, 15) is 4.79 Å². The van der Waals surface area contributed by atoms with E-state index in [4.69, 9.17) is 4.74 Å². The molecule has 2 heteroatoms. The summed E-state index contributed by atoms with van der Waals surface area (Å²) in [6.45, 7) is 7.47. The Balaban J connectivity index is 2.36. The SMILES string of the molecule is C=C(C)C(=O)Oc1cccc(CCCCCCCC)c1. The number of aryl methyl sites for hydroxylation is 1. The molecular weight excluding hydrogens is 248 g/mol. The van der Waals surface area contributed by atoms with Gasteiger partial charge in [-0.05, 0) is 37.5 Å². The van der Waals surface area contributed by atoms with Gasteiger partial charge in [-0.3, -0.25) is 0 Å². The van der Waals surface area contributed by atoms with Crippen molar-refractivity contribution in [3.63, 3.8) is 0 Å². The van der Waals surface area contributed by atoms with Gasteiger partial charge < -0.3 is 4.74 Å². The second-order valence-corrected chi connectivity index (χ2v) is 5.34. The summed E-state index contributed by atoms with van der Waals surface area (Å²) < 4.78 is 5.24. The summed E-state index contributed by atoms with van der Waals surface area (Å²) >= 11 is 0. The quantitative estimate of drug-likeness (QED) is 0.272. The standard InChI is InChI=1S/C18H26O2/c1-4-5-6-7-8-9-11-16-12-10-13-17(14-16)20-18(19)15(2)3/h10,12-14H,2,4-9,11H2,1,3H3. The second kappa shape index (κ2) is 9.35. The van der Waals surface area contributed by atoms with Gasteiger partial charge in [0.15, 0.2) is 0 Å². The average Bonchev–Trinajstić information content (AvgIpc) is 2.43. The third-order valence-corrected chi connectivity index (χ3v) is 3.28. The zero-order valence-electron chi connectivity index (χ0n) is 12.8. The molecule has 20 heavy (non-hydrogen) atoms. The lowest BCUT2D eigenvalue weighted by atomic mass is 10.0. The molecule has 1 aromatic rings. The van der Waals surface area contributed by atoms with Crippen LogP contribution in [0, 0.1) is 0 Å². The lowest BCUT2D eigenvalue weighted by Crippen LogP contribution is -2.08. The van der Waals surface area contributed by atoms with Crippen LogP contribution < -0.4 is 4.74 Å². The molecule has 0 fully saturated rings. The van der Waals surface area contributed by atoms with Crippen LogP contribution in [0.3, 0.4) is 0 Å². The molecule has 0 unspecified atom stereocenters. The number of hydrogen-bond donors (Lipinski definition) is 0. The first-order chi connectivity index (χ1) is 9.63. The van der Waals surface area contributed by atoms with Crippen molar-refractivity contribution >= 4 is 5.97 Å². The Labute approximate surface area is 122 Å². The van der Waals surface area contributed by atoms with E-state index in [1.165, 1.54) is 44.1 Å². The molecule has 0 atom stereocenters. The Morgan fingerprint density at radius 3 is 2.55 bits per heavy atom.